The maximum Gasteiger partial charge on any atom is 0.190 e. The maximum absolute atomic E-state index is 13.8. The van der Waals surface area contributed by atoms with Crippen molar-refractivity contribution in [1.82, 2.24) is 0 Å². The molecule has 7 rings (SSSR count). The van der Waals surface area contributed by atoms with Crippen molar-refractivity contribution in [1.29, 1.82) is 0 Å². The van der Waals surface area contributed by atoms with Crippen LogP contribution in [0.15, 0.2) is 35.4 Å². The first-order valence-electron chi connectivity index (χ1n) is 16.4. The van der Waals surface area contributed by atoms with Crippen molar-refractivity contribution in [3.8, 4) is 0 Å². The average Bonchev–Trinajstić information content (AvgIpc) is 3.58. The van der Waals surface area contributed by atoms with Crippen LogP contribution < -0.4 is 4.90 Å². The van der Waals surface area contributed by atoms with Crippen LogP contribution in [-0.4, -0.2) is 75.0 Å². The van der Waals surface area contributed by atoms with E-state index < -0.39 is 17.0 Å². The molecule has 7 heteroatoms. The Morgan fingerprint density at radius 2 is 1.76 bits per heavy atom. The van der Waals surface area contributed by atoms with Crippen LogP contribution in [-0.2, 0) is 23.7 Å². The molecule has 230 valence electrons. The minimum absolute atomic E-state index is 0.0650. The topological polar surface area (TPSA) is 77.5 Å². The smallest absolute Gasteiger partial charge is 0.190 e. The van der Waals surface area contributed by atoms with Gasteiger partial charge in [0.2, 0.25) is 0 Å². The first-order chi connectivity index (χ1) is 20.3. The SMILES string of the molecule is COCC(=O)[C@@]1(OC)CC[C@H]2[C@@H]3CC[C@@]4(O)CC5(CCC4=C3[C@@H](c3ccc(N4CCCCC4)cc3)C[C@@]21C)OCCO5. The predicted octanol–water partition coefficient (Wildman–Crippen LogP) is 5.55. The van der Waals surface area contributed by atoms with Crippen molar-refractivity contribution in [2.75, 3.05) is 52.0 Å². The lowest BCUT2D eigenvalue weighted by molar-refractivity contribution is -0.208. The molecule has 0 aromatic heterocycles. The number of ketones is 1. The van der Waals surface area contributed by atoms with E-state index in [4.69, 9.17) is 18.9 Å². The molecular weight excluding hydrogens is 530 g/mol. The fourth-order valence-corrected chi connectivity index (χ4v) is 10.5. The highest BCUT2D eigenvalue weighted by Crippen LogP contribution is 2.68. The maximum atomic E-state index is 13.8. The zero-order chi connectivity index (χ0) is 29.2. The van der Waals surface area contributed by atoms with Crippen molar-refractivity contribution in [2.24, 2.45) is 17.3 Å². The molecule has 0 bridgehead atoms. The van der Waals surface area contributed by atoms with Crippen LogP contribution in [0.3, 0.4) is 0 Å². The second kappa shape index (κ2) is 10.7. The number of allylic oxidation sites excluding steroid dienone is 1. The summed E-state index contributed by atoms with van der Waals surface area (Å²) >= 11 is 0. The second-order valence-electron chi connectivity index (χ2n) is 14.2. The third kappa shape index (κ3) is 4.28. The van der Waals surface area contributed by atoms with Crippen molar-refractivity contribution < 1.29 is 28.8 Å². The van der Waals surface area contributed by atoms with Gasteiger partial charge in [-0.15, -0.1) is 0 Å². The van der Waals surface area contributed by atoms with Crippen LogP contribution in [0.4, 0.5) is 5.69 Å². The summed E-state index contributed by atoms with van der Waals surface area (Å²) in [5, 5.41) is 12.3. The van der Waals surface area contributed by atoms with Crippen LogP contribution in [0.25, 0.3) is 0 Å². The van der Waals surface area contributed by atoms with Crippen molar-refractivity contribution in [3.05, 3.63) is 41.0 Å². The number of anilines is 1. The summed E-state index contributed by atoms with van der Waals surface area (Å²) in [6.07, 6.45) is 10.1. The van der Waals surface area contributed by atoms with E-state index in [1.54, 1.807) is 14.2 Å². The molecule has 2 aliphatic heterocycles. The lowest BCUT2D eigenvalue weighted by Gasteiger charge is -2.58. The van der Waals surface area contributed by atoms with Gasteiger partial charge in [0, 0.05) is 57.2 Å². The van der Waals surface area contributed by atoms with Crippen molar-refractivity contribution in [3.63, 3.8) is 0 Å². The number of aliphatic hydroxyl groups is 1. The van der Waals surface area contributed by atoms with E-state index in [2.05, 4.69) is 36.1 Å². The van der Waals surface area contributed by atoms with Gasteiger partial charge in [-0.2, -0.15) is 0 Å². The first kappa shape index (κ1) is 29.0. The predicted molar refractivity (Wildman–Crippen MR) is 161 cm³/mol. The molecule has 5 fully saturated rings. The summed E-state index contributed by atoms with van der Waals surface area (Å²) < 4.78 is 23.9. The highest BCUT2D eigenvalue weighted by atomic mass is 16.7. The van der Waals surface area contributed by atoms with Gasteiger partial charge >= 0.3 is 0 Å². The minimum atomic E-state index is -0.906. The summed E-state index contributed by atoms with van der Waals surface area (Å²) in [5.74, 6) is 0.179. The lowest BCUT2D eigenvalue weighted by atomic mass is 9.49. The Morgan fingerprint density at radius 3 is 2.45 bits per heavy atom. The quantitative estimate of drug-likeness (QED) is 0.443. The fraction of sp³-hybridized carbons (Fsp3) is 0.743. The number of methoxy groups -OCH3 is 2. The molecule has 2 heterocycles. The normalized spacial score (nSPS) is 39.2. The largest absolute Gasteiger partial charge is 0.385 e. The average molecular weight is 580 g/mol. The van der Waals surface area contributed by atoms with Crippen molar-refractivity contribution >= 4 is 11.5 Å². The Balaban J connectivity index is 1.32. The van der Waals surface area contributed by atoms with Crippen LogP contribution in [0.5, 0.6) is 0 Å². The highest BCUT2D eigenvalue weighted by Gasteiger charge is 2.67. The van der Waals surface area contributed by atoms with Crippen molar-refractivity contribution in [2.45, 2.75) is 100 Å². The molecule has 1 aromatic rings. The molecule has 6 atom stereocenters. The molecule has 7 nitrogen and oxygen atoms in total. The molecular formula is C35H49NO6. The summed E-state index contributed by atoms with van der Waals surface area (Å²) in [5.41, 5.74) is 3.17. The summed E-state index contributed by atoms with van der Waals surface area (Å²) in [6, 6.07) is 9.25. The minimum Gasteiger partial charge on any atom is -0.385 e. The van der Waals surface area contributed by atoms with Gasteiger partial charge in [0.05, 0.1) is 18.8 Å². The Bertz CT molecular complexity index is 1220. The number of hydrogen-bond donors (Lipinski definition) is 1. The number of piperidine rings is 1. The molecule has 1 N–H and O–H groups in total. The standard InChI is InChI=1S/C35H49NO6/c1-32-21-27(24-7-9-25(10-8-24)36-17-5-4-6-18-36)31-26(28(32)13-16-35(32,40-3)30(37)22-39-2)11-14-33(38)23-34(15-12-29(31)33)41-19-20-42-34/h7-10,26-28,38H,4-6,11-23H2,1-3H3/t26-,27+,28-,32-,33+,35-/m0/s1. The zero-order valence-corrected chi connectivity index (χ0v) is 25.8. The Hall–Kier alpha value is -1.77. The summed E-state index contributed by atoms with van der Waals surface area (Å²) in [7, 11) is 3.32. The fourth-order valence-electron chi connectivity index (χ4n) is 10.5. The molecule has 1 spiro atoms. The number of rotatable bonds is 6. The van der Waals surface area contributed by atoms with E-state index >= 15 is 0 Å². The Kier molecular flexibility index (Phi) is 7.37. The van der Waals surface area contributed by atoms with Gasteiger partial charge in [-0.25, -0.2) is 0 Å². The number of Topliss-reactive ketones (excluding diaryl/α,β-unsaturated/α-hetero) is 1. The van der Waals surface area contributed by atoms with Gasteiger partial charge in [-0.3, -0.25) is 4.79 Å². The van der Waals surface area contributed by atoms with Crippen LogP contribution in [0.1, 0.15) is 89.0 Å². The molecule has 0 radical (unpaired) electrons. The van der Waals surface area contributed by atoms with E-state index in [9.17, 15) is 9.90 Å². The molecule has 0 unspecified atom stereocenters. The summed E-state index contributed by atoms with van der Waals surface area (Å²) in [4.78, 5) is 16.3. The van der Waals surface area contributed by atoms with Crippen LogP contribution in [0, 0.1) is 17.3 Å². The van der Waals surface area contributed by atoms with Crippen LogP contribution >= 0.6 is 0 Å². The molecule has 4 aliphatic carbocycles. The molecule has 3 saturated carbocycles. The molecule has 2 saturated heterocycles. The van der Waals surface area contributed by atoms with Crippen LogP contribution in [0.2, 0.25) is 0 Å². The number of carbonyl (C=O) groups excluding carboxylic acids is 1. The second-order valence-corrected chi connectivity index (χ2v) is 14.2. The number of fused-ring (bicyclic) bond motifs is 4. The van der Waals surface area contributed by atoms with E-state index in [1.807, 2.05) is 0 Å². The van der Waals surface area contributed by atoms with E-state index in [0.29, 0.717) is 37.9 Å². The van der Waals surface area contributed by atoms with Gasteiger partial charge < -0.3 is 29.0 Å². The Morgan fingerprint density at radius 1 is 1.02 bits per heavy atom. The first-order valence-corrected chi connectivity index (χ1v) is 16.4. The molecule has 6 aliphatic rings. The van der Waals surface area contributed by atoms with Gasteiger partial charge in [-0.05, 0) is 92.9 Å². The number of benzene rings is 1. The van der Waals surface area contributed by atoms with E-state index in [1.165, 1.54) is 41.7 Å². The molecule has 1 aromatic carbocycles. The number of nitrogens with zero attached hydrogens (tertiary/aromatic N) is 1. The van der Waals surface area contributed by atoms with E-state index in [0.717, 1.165) is 51.6 Å². The lowest BCUT2D eigenvalue weighted by Crippen LogP contribution is -2.59. The zero-order valence-electron chi connectivity index (χ0n) is 25.8. The van der Waals surface area contributed by atoms with E-state index in [-0.39, 0.29) is 23.7 Å². The number of ether oxygens (including phenoxy) is 4. The summed E-state index contributed by atoms with van der Waals surface area (Å²) in [6.45, 7) is 5.84. The third-order valence-corrected chi connectivity index (χ3v) is 12.4. The number of carbonyl (C=O) groups is 1. The monoisotopic (exact) mass is 579 g/mol. The van der Waals surface area contributed by atoms with Gasteiger partial charge in [0.15, 0.2) is 11.6 Å². The van der Waals surface area contributed by atoms with Gasteiger partial charge in [-0.1, -0.05) is 24.6 Å². The Labute approximate surface area is 250 Å². The highest BCUT2D eigenvalue weighted by molar-refractivity contribution is 5.90. The number of hydrogen-bond acceptors (Lipinski definition) is 7. The third-order valence-electron chi connectivity index (χ3n) is 12.4. The molecule has 42 heavy (non-hydrogen) atoms. The van der Waals surface area contributed by atoms with Gasteiger partial charge in [0.1, 0.15) is 12.2 Å². The van der Waals surface area contributed by atoms with Gasteiger partial charge in [0.25, 0.3) is 0 Å². The molecule has 0 amide bonds.